The molecule has 0 fully saturated rings. The first-order valence-corrected chi connectivity index (χ1v) is 8.73. The zero-order valence-electron chi connectivity index (χ0n) is 15.3. The molecule has 0 radical (unpaired) electrons. The van der Waals surface area contributed by atoms with Gasteiger partial charge in [0.25, 0.3) is 11.6 Å². The molecule has 0 aliphatic carbocycles. The molecule has 0 saturated heterocycles. The zero-order chi connectivity index (χ0) is 21.1. The predicted molar refractivity (Wildman–Crippen MR) is 107 cm³/mol. The summed E-state index contributed by atoms with van der Waals surface area (Å²) in [5, 5.41) is 27.3. The number of benzene rings is 2. The van der Waals surface area contributed by atoms with Crippen molar-refractivity contribution >= 4 is 17.3 Å². The number of aromatic nitrogens is 4. The van der Waals surface area contributed by atoms with Crippen LogP contribution < -0.4 is 5.32 Å². The summed E-state index contributed by atoms with van der Waals surface area (Å²) >= 11 is 0. The lowest BCUT2D eigenvalue weighted by molar-refractivity contribution is -0.384. The molecule has 10 nitrogen and oxygen atoms in total. The highest BCUT2D eigenvalue weighted by Gasteiger charge is 2.13. The summed E-state index contributed by atoms with van der Waals surface area (Å²) in [4.78, 5) is 31.2. The van der Waals surface area contributed by atoms with E-state index in [1.54, 1.807) is 30.3 Å². The first-order chi connectivity index (χ1) is 14.5. The predicted octanol–water partition coefficient (Wildman–Crippen LogP) is 3.20. The number of anilines is 1. The maximum atomic E-state index is 12.4. The minimum Gasteiger partial charge on any atom is -0.508 e. The fourth-order valence-electron chi connectivity index (χ4n) is 2.72. The molecule has 2 heterocycles. The second-order valence-electron chi connectivity index (χ2n) is 6.22. The van der Waals surface area contributed by atoms with Crippen LogP contribution in [-0.2, 0) is 0 Å². The summed E-state index contributed by atoms with van der Waals surface area (Å²) < 4.78 is 1.38. The average Bonchev–Trinajstić information content (AvgIpc) is 3.25. The Labute approximate surface area is 169 Å². The van der Waals surface area contributed by atoms with Gasteiger partial charge in [-0.15, -0.1) is 0 Å². The molecule has 2 aromatic carbocycles. The molecule has 4 rings (SSSR count). The molecule has 0 aliphatic rings. The van der Waals surface area contributed by atoms with Gasteiger partial charge in [0.2, 0.25) is 0 Å². The van der Waals surface area contributed by atoms with E-state index in [2.05, 4.69) is 20.4 Å². The van der Waals surface area contributed by atoms with Crippen LogP contribution in [-0.4, -0.2) is 35.7 Å². The SMILES string of the molecule is O=C(Nc1cnc(-c2cccc(O)c2)nc1)c1ccn(-c2cccc([N+](=O)[O-])c2)n1. The number of aromatic hydroxyl groups is 1. The minimum atomic E-state index is -0.499. The highest BCUT2D eigenvalue weighted by molar-refractivity contribution is 6.02. The van der Waals surface area contributed by atoms with E-state index in [0.29, 0.717) is 22.8 Å². The molecular weight excluding hydrogens is 388 g/mol. The van der Waals surface area contributed by atoms with Crippen molar-refractivity contribution in [3.63, 3.8) is 0 Å². The van der Waals surface area contributed by atoms with Crippen LogP contribution in [0.1, 0.15) is 10.5 Å². The summed E-state index contributed by atoms with van der Waals surface area (Å²) in [6.07, 6.45) is 4.43. The number of phenolic OH excluding ortho intramolecular Hbond substituents is 1. The van der Waals surface area contributed by atoms with E-state index in [9.17, 15) is 20.0 Å². The van der Waals surface area contributed by atoms with Crippen molar-refractivity contribution in [2.24, 2.45) is 0 Å². The Morgan fingerprint density at radius 3 is 2.57 bits per heavy atom. The van der Waals surface area contributed by atoms with Crippen molar-refractivity contribution in [2.45, 2.75) is 0 Å². The summed E-state index contributed by atoms with van der Waals surface area (Å²) in [5.74, 6) is 0.0274. The number of nitrogens with zero attached hydrogens (tertiary/aromatic N) is 5. The molecule has 0 aliphatic heterocycles. The van der Waals surface area contributed by atoms with Gasteiger partial charge in [-0.2, -0.15) is 5.10 Å². The number of nitro benzene ring substituents is 1. The van der Waals surface area contributed by atoms with Gasteiger partial charge in [0.05, 0.1) is 28.7 Å². The van der Waals surface area contributed by atoms with Gasteiger partial charge >= 0.3 is 0 Å². The number of phenols is 1. The van der Waals surface area contributed by atoms with Gasteiger partial charge in [0, 0.05) is 23.9 Å². The van der Waals surface area contributed by atoms with Gasteiger partial charge in [0.1, 0.15) is 5.75 Å². The first-order valence-electron chi connectivity index (χ1n) is 8.73. The molecule has 0 saturated carbocycles. The van der Waals surface area contributed by atoms with E-state index in [4.69, 9.17) is 0 Å². The number of carbonyl (C=O) groups excluding carboxylic acids is 1. The Bertz CT molecular complexity index is 1240. The summed E-state index contributed by atoms with van der Waals surface area (Å²) in [5.41, 5.74) is 1.52. The van der Waals surface area contributed by atoms with Crippen LogP contribution in [0.5, 0.6) is 5.75 Å². The summed E-state index contributed by atoms with van der Waals surface area (Å²) in [6, 6.07) is 13.9. The number of non-ortho nitro benzene ring substituents is 1. The summed E-state index contributed by atoms with van der Waals surface area (Å²) in [7, 11) is 0. The van der Waals surface area contributed by atoms with Crippen LogP contribution in [0, 0.1) is 10.1 Å². The Balaban J connectivity index is 1.48. The third-order valence-electron chi connectivity index (χ3n) is 4.14. The minimum absolute atomic E-state index is 0.0713. The molecular formula is C20H14N6O4. The molecule has 30 heavy (non-hydrogen) atoms. The van der Waals surface area contributed by atoms with E-state index in [1.807, 2.05) is 0 Å². The fourth-order valence-corrected chi connectivity index (χ4v) is 2.72. The number of nitro groups is 1. The van der Waals surface area contributed by atoms with Crippen LogP contribution in [0.25, 0.3) is 17.1 Å². The number of carbonyl (C=O) groups is 1. The largest absolute Gasteiger partial charge is 0.508 e. The monoisotopic (exact) mass is 402 g/mol. The standard InChI is InChI=1S/C20H14N6O4/c27-17-6-1-3-13(9-17)19-21-11-14(12-22-19)23-20(28)18-7-8-25(24-18)15-4-2-5-16(10-15)26(29)30/h1-12,27H,(H,23,28). The lowest BCUT2D eigenvalue weighted by atomic mass is 10.2. The molecule has 0 unspecified atom stereocenters. The van der Waals surface area contributed by atoms with E-state index in [0.717, 1.165) is 0 Å². The van der Waals surface area contributed by atoms with Crippen LogP contribution in [0.3, 0.4) is 0 Å². The van der Waals surface area contributed by atoms with Gasteiger partial charge in [-0.05, 0) is 24.3 Å². The van der Waals surface area contributed by atoms with Crippen molar-refractivity contribution < 1.29 is 14.8 Å². The fraction of sp³-hybridized carbons (Fsp3) is 0. The molecule has 0 atom stereocenters. The lowest BCUT2D eigenvalue weighted by Crippen LogP contribution is -2.13. The van der Waals surface area contributed by atoms with Gasteiger partial charge in [-0.3, -0.25) is 14.9 Å². The topological polar surface area (TPSA) is 136 Å². The molecule has 2 aromatic heterocycles. The highest BCUT2D eigenvalue weighted by Crippen LogP contribution is 2.20. The average molecular weight is 402 g/mol. The molecule has 0 spiro atoms. The number of rotatable bonds is 5. The van der Waals surface area contributed by atoms with E-state index < -0.39 is 10.8 Å². The number of nitrogens with one attached hydrogen (secondary N) is 1. The smallest absolute Gasteiger partial charge is 0.276 e. The molecule has 1 amide bonds. The Kier molecular flexibility index (Phi) is 4.87. The molecule has 4 aromatic rings. The Morgan fingerprint density at radius 1 is 1.07 bits per heavy atom. The highest BCUT2D eigenvalue weighted by atomic mass is 16.6. The molecule has 2 N–H and O–H groups in total. The van der Waals surface area contributed by atoms with E-state index in [-0.39, 0.29) is 17.1 Å². The van der Waals surface area contributed by atoms with Gasteiger partial charge in [0.15, 0.2) is 11.5 Å². The van der Waals surface area contributed by atoms with Crippen molar-refractivity contribution in [1.82, 2.24) is 19.7 Å². The second-order valence-corrected chi connectivity index (χ2v) is 6.22. The quantitative estimate of drug-likeness (QED) is 0.386. The van der Waals surface area contributed by atoms with Gasteiger partial charge in [-0.25, -0.2) is 14.6 Å². The van der Waals surface area contributed by atoms with Crippen molar-refractivity contribution in [3.05, 3.63) is 89.0 Å². The lowest BCUT2D eigenvalue weighted by Gasteiger charge is -2.05. The third kappa shape index (κ3) is 3.97. The van der Waals surface area contributed by atoms with Crippen molar-refractivity contribution in [3.8, 4) is 22.8 Å². The zero-order valence-corrected chi connectivity index (χ0v) is 15.3. The van der Waals surface area contributed by atoms with Gasteiger partial charge < -0.3 is 10.4 Å². The first kappa shape index (κ1) is 18.7. The van der Waals surface area contributed by atoms with Crippen molar-refractivity contribution in [1.29, 1.82) is 0 Å². The van der Waals surface area contributed by atoms with E-state index >= 15 is 0 Å². The number of amides is 1. The van der Waals surface area contributed by atoms with Crippen molar-refractivity contribution in [2.75, 3.05) is 5.32 Å². The third-order valence-corrected chi connectivity index (χ3v) is 4.14. The Hall–Kier alpha value is -4.60. The van der Waals surface area contributed by atoms with Crippen LogP contribution >= 0.6 is 0 Å². The maximum absolute atomic E-state index is 12.4. The Morgan fingerprint density at radius 2 is 1.83 bits per heavy atom. The molecule has 0 bridgehead atoms. The number of hydrogen-bond acceptors (Lipinski definition) is 7. The maximum Gasteiger partial charge on any atom is 0.276 e. The van der Waals surface area contributed by atoms with Crippen LogP contribution in [0.4, 0.5) is 11.4 Å². The normalized spacial score (nSPS) is 10.5. The van der Waals surface area contributed by atoms with E-state index in [1.165, 1.54) is 47.5 Å². The van der Waals surface area contributed by atoms with Gasteiger partial charge in [-0.1, -0.05) is 18.2 Å². The molecule has 10 heteroatoms. The molecule has 148 valence electrons. The second kappa shape index (κ2) is 7.80. The van der Waals surface area contributed by atoms with Crippen LogP contribution in [0.15, 0.2) is 73.2 Å². The van der Waals surface area contributed by atoms with Crippen LogP contribution in [0.2, 0.25) is 0 Å². The summed E-state index contributed by atoms with van der Waals surface area (Å²) in [6.45, 7) is 0. The number of hydrogen-bond donors (Lipinski definition) is 2.